The van der Waals surface area contributed by atoms with Crippen LogP contribution < -0.4 is 0 Å². The van der Waals surface area contributed by atoms with Crippen molar-refractivity contribution in [3.8, 4) is 0 Å². The number of rotatable bonds is 2. The van der Waals surface area contributed by atoms with Crippen molar-refractivity contribution in [1.82, 2.24) is 0 Å². The van der Waals surface area contributed by atoms with Crippen LogP contribution in [0.4, 0.5) is 0 Å². The van der Waals surface area contributed by atoms with E-state index in [0.717, 1.165) is 25.7 Å². The van der Waals surface area contributed by atoms with Crippen molar-refractivity contribution in [3.63, 3.8) is 0 Å². The SMILES string of the molecule is COC1CCC(O)(C2CCCCCC2)CC1. The molecule has 0 radical (unpaired) electrons. The summed E-state index contributed by atoms with van der Waals surface area (Å²) in [5.74, 6) is 0.563. The van der Waals surface area contributed by atoms with Gasteiger partial charge in [-0.1, -0.05) is 25.7 Å². The van der Waals surface area contributed by atoms with Crippen molar-refractivity contribution in [2.75, 3.05) is 7.11 Å². The normalized spacial score (nSPS) is 38.2. The molecule has 0 unspecified atom stereocenters. The van der Waals surface area contributed by atoms with Crippen molar-refractivity contribution >= 4 is 0 Å². The Hall–Kier alpha value is -0.0800. The Morgan fingerprint density at radius 2 is 1.50 bits per heavy atom. The van der Waals surface area contributed by atoms with E-state index in [-0.39, 0.29) is 5.60 Å². The fourth-order valence-electron chi connectivity index (χ4n) is 3.55. The molecule has 2 fully saturated rings. The number of ether oxygens (including phenoxy) is 1. The van der Waals surface area contributed by atoms with Gasteiger partial charge in [0.2, 0.25) is 0 Å². The lowest BCUT2D eigenvalue weighted by atomic mass is 9.72. The van der Waals surface area contributed by atoms with E-state index in [1.54, 1.807) is 7.11 Å². The summed E-state index contributed by atoms with van der Waals surface area (Å²) in [5.41, 5.74) is -0.362. The third-order valence-electron chi connectivity index (χ3n) is 4.75. The number of hydrogen-bond acceptors (Lipinski definition) is 2. The molecular weight excluding hydrogens is 200 g/mol. The Morgan fingerprint density at radius 1 is 0.938 bits per heavy atom. The van der Waals surface area contributed by atoms with E-state index in [0.29, 0.717) is 12.0 Å². The zero-order valence-electron chi connectivity index (χ0n) is 10.6. The van der Waals surface area contributed by atoms with Crippen LogP contribution in [0, 0.1) is 5.92 Å². The Kier molecular flexibility index (Phi) is 4.26. The van der Waals surface area contributed by atoms with Gasteiger partial charge in [-0.3, -0.25) is 0 Å². The van der Waals surface area contributed by atoms with E-state index in [1.165, 1.54) is 38.5 Å². The molecule has 2 rings (SSSR count). The Morgan fingerprint density at radius 3 is 2.00 bits per heavy atom. The Balaban J connectivity index is 1.91. The van der Waals surface area contributed by atoms with E-state index in [4.69, 9.17) is 4.74 Å². The molecule has 16 heavy (non-hydrogen) atoms. The van der Waals surface area contributed by atoms with Gasteiger partial charge in [-0.2, -0.15) is 0 Å². The van der Waals surface area contributed by atoms with Crippen LogP contribution in [0.2, 0.25) is 0 Å². The lowest BCUT2D eigenvalue weighted by Gasteiger charge is -2.41. The number of methoxy groups -OCH3 is 1. The minimum atomic E-state index is -0.362. The topological polar surface area (TPSA) is 29.5 Å². The quantitative estimate of drug-likeness (QED) is 0.732. The maximum Gasteiger partial charge on any atom is 0.0677 e. The molecule has 0 aliphatic heterocycles. The zero-order chi connectivity index (χ0) is 11.4. The van der Waals surface area contributed by atoms with Crippen LogP contribution in [0.1, 0.15) is 64.2 Å². The summed E-state index contributed by atoms with van der Waals surface area (Å²) in [6.45, 7) is 0. The molecule has 0 heterocycles. The summed E-state index contributed by atoms with van der Waals surface area (Å²) in [4.78, 5) is 0. The number of aliphatic hydroxyl groups is 1. The molecule has 2 saturated carbocycles. The van der Waals surface area contributed by atoms with E-state index in [1.807, 2.05) is 0 Å². The molecule has 0 aromatic carbocycles. The summed E-state index contributed by atoms with van der Waals surface area (Å²) < 4.78 is 5.39. The van der Waals surface area contributed by atoms with Crippen LogP contribution in [0.25, 0.3) is 0 Å². The van der Waals surface area contributed by atoms with E-state index < -0.39 is 0 Å². The first-order valence-corrected chi connectivity index (χ1v) is 7.00. The van der Waals surface area contributed by atoms with Crippen LogP contribution in [0.15, 0.2) is 0 Å². The Bertz CT molecular complexity index is 199. The van der Waals surface area contributed by atoms with E-state index in [2.05, 4.69) is 0 Å². The Labute approximate surface area is 99.4 Å². The maximum absolute atomic E-state index is 10.8. The molecule has 0 amide bonds. The molecule has 0 saturated heterocycles. The van der Waals surface area contributed by atoms with Gasteiger partial charge in [0.25, 0.3) is 0 Å². The summed E-state index contributed by atoms with van der Waals surface area (Å²) in [6, 6.07) is 0. The molecule has 2 heteroatoms. The highest BCUT2D eigenvalue weighted by Gasteiger charge is 2.39. The molecule has 0 aromatic rings. The molecule has 0 spiro atoms. The second-order valence-electron chi connectivity index (χ2n) is 5.73. The van der Waals surface area contributed by atoms with Gasteiger partial charge in [0.05, 0.1) is 11.7 Å². The van der Waals surface area contributed by atoms with Crippen molar-refractivity contribution in [2.24, 2.45) is 5.92 Å². The van der Waals surface area contributed by atoms with Gasteiger partial charge >= 0.3 is 0 Å². The summed E-state index contributed by atoms with van der Waals surface area (Å²) in [5, 5.41) is 10.8. The van der Waals surface area contributed by atoms with Crippen LogP contribution in [-0.4, -0.2) is 23.9 Å². The standard InChI is InChI=1S/C14H26O2/c1-16-13-8-10-14(15,11-9-13)12-6-4-2-3-5-7-12/h12-13,15H,2-11H2,1H3. The first kappa shape index (κ1) is 12.4. The summed E-state index contributed by atoms with van der Waals surface area (Å²) in [7, 11) is 1.79. The van der Waals surface area contributed by atoms with Crippen LogP contribution in [0.5, 0.6) is 0 Å². The summed E-state index contributed by atoms with van der Waals surface area (Å²) >= 11 is 0. The lowest BCUT2D eigenvalue weighted by Crippen LogP contribution is -2.42. The second-order valence-corrected chi connectivity index (χ2v) is 5.73. The summed E-state index contributed by atoms with van der Waals surface area (Å²) in [6.07, 6.45) is 12.3. The number of hydrogen-bond donors (Lipinski definition) is 1. The minimum absolute atomic E-state index is 0.362. The zero-order valence-corrected chi connectivity index (χ0v) is 10.6. The smallest absolute Gasteiger partial charge is 0.0677 e. The first-order chi connectivity index (χ1) is 7.74. The van der Waals surface area contributed by atoms with Crippen LogP contribution in [-0.2, 0) is 4.74 Å². The van der Waals surface area contributed by atoms with Crippen molar-refractivity contribution in [2.45, 2.75) is 75.9 Å². The molecule has 0 atom stereocenters. The minimum Gasteiger partial charge on any atom is -0.390 e. The lowest BCUT2D eigenvalue weighted by molar-refractivity contribution is -0.0842. The highest BCUT2D eigenvalue weighted by Crippen LogP contribution is 2.41. The van der Waals surface area contributed by atoms with Gasteiger partial charge in [0, 0.05) is 7.11 Å². The maximum atomic E-state index is 10.8. The molecule has 2 aliphatic rings. The van der Waals surface area contributed by atoms with Gasteiger partial charge in [0.1, 0.15) is 0 Å². The average molecular weight is 226 g/mol. The second kappa shape index (κ2) is 5.50. The highest BCUT2D eigenvalue weighted by atomic mass is 16.5. The van der Waals surface area contributed by atoms with Crippen LogP contribution >= 0.6 is 0 Å². The van der Waals surface area contributed by atoms with Gasteiger partial charge in [-0.25, -0.2) is 0 Å². The van der Waals surface area contributed by atoms with Gasteiger partial charge < -0.3 is 9.84 Å². The molecule has 0 aromatic heterocycles. The van der Waals surface area contributed by atoms with Crippen LogP contribution in [0.3, 0.4) is 0 Å². The fraction of sp³-hybridized carbons (Fsp3) is 1.00. The predicted molar refractivity (Wildman–Crippen MR) is 65.4 cm³/mol. The monoisotopic (exact) mass is 226 g/mol. The predicted octanol–water partition coefficient (Wildman–Crippen LogP) is 3.28. The van der Waals surface area contributed by atoms with Gasteiger partial charge in [-0.05, 0) is 44.4 Å². The van der Waals surface area contributed by atoms with E-state index in [9.17, 15) is 5.11 Å². The molecule has 2 aliphatic carbocycles. The molecule has 2 nitrogen and oxygen atoms in total. The first-order valence-electron chi connectivity index (χ1n) is 7.00. The largest absolute Gasteiger partial charge is 0.390 e. The molecule has 94 valence electrons. The average Bonchev–Trinajstić information content (AvgIpc) is 2.59. The molecule has 0 bridgehead atoms. The fourth-order valence-corrected chi connectivity index (χ4v) is 3.55. The van der Waals surface area contributed by atoms with Crippen molar-refractivity contribution in [3.05, 3.63) is 0 Å². The third kappa shape index (κ3) is 2.78. The molecule has 1 N–H and O–H groups in total. The van der Waals surface area contributed by atoms with Gasteiger partial charge in [0.15, 0.2) is 0 Å². The van der Waals surface area contributed by atoms with Gasteiger partial charge in [-0.15, -0.1) is 0 Å². The third-order valence-corrected chi connectivity index (χ3v) is 4.75. The van der Waals surface area contributed by atoms with E-state index >= 15 is 0 Å². The van der Waals surface area contributed by atoms with Crippen molar-refractivity contribution in [1.29, 1.82) is 0 Å². The highest BCUT2D eigenvalue weighted by molar-refractivity contribution is 4.92. The van der Waals surface area contributed by atoms with Crippen molar-refractivity contribution < 1.29 is 9.84 Å². The molecular formula is C14H26O2.